The zero-order valence-corrected chi connectivity index (χ0v) is 14.2. The van der Waals surface area contributed by atoms with Crippen LogP contribution in [0.5, 0.6) is 0 Å². The van der Waals surface area contributed by atoms with Crippen LogP contribution in [0.2, 0.25) is 12.1 Å². The maximum atomic E-state index is 5.72. The zero-order valence-electron chi connectivity index (χ0n) is 9.03. The van der Waals surface area contributed by atoms with Crippen LogP contribution in [-0.4, -0.2) is 38.6 Å². The van der Waals surface area contributed by atoms with Crippen LogP contribution in [0.3, 0.4) is 0 Å². The highest BCUT2D eigenvalue weighted by molar-refractivity contribution is 6.64. The molecule has 8 heteroatoms. The lowest BCUT2D eigenvalue weighted by molar-refractivity contribution is 0.311. The summed E-state index contributed by atoms with van der Waals surface area (Å²) in [6.07, 6.45) is 2.30. The van der Waals surface area contributed by atoms with Crippen LogP contribution in [0.4, 0.5) is 0 Å². The van der Waals surface area contributed by atoms with E-state index in [0.717, 1.165) is 24.9 Å². The zero-order chi connectivity index (χ0) is 10.2. The molecule has 1 fully saturated rings. The predicted octanol–water partition coefficient (Wildman–Crippen LogP) is -0.675. The van der Waals surface area contributed by atoms with Crippen molar-refractivity contribution in [1.29, 1.82) is 0 Å². The average Bonchev–Trinajstić information content (AvgIpc) is 2.13. The summed E-state index contributed by atoms with van der Waals surface area (Å²) in [4.78, 5) is 0. The molecule has 1 heterocycles. The molecule has 1 aliphatic rings. The smallest absolute Gasteiger partial charge is 0.303 e. The predicted molar refractivity (Wildman–Crippen MR) is 65.9 cm³/mol. The van der Waals surface area contributed by atoms with Gasteiger partial charge in [-0.1, -0.05) is 26.7 Å². The second-order valence-electron chi connectivity index (χ2n) is 3.34. The van der Waals surface area contributed by atoms with Crippen LogP contribution >= 0.6 is 0 Å². The Morgan fingerprint density at radius 1 is 0.786 bits per heavy atom. The van der Waals surface area contributed by atoms with Gasteiger partial charge in [-0.05, 0) is 12.1 Å². The van der Waals surface area contributed by atoms with Gasteiger partial charge in [0.25, 0.3) is 20.0 Å². The molecule has 0 radical (unpaired) electrons. The molecule has 0 amide bonds. The van der Waals surface area contributed by atoms with Crippen molar-refractivity contribution in [2.75, 3.05) is 0 Å². The van der Waals surface area contributed by atoms with E-state index < -0.39 is 38.6 Å². The summed E-state index contributed by atoms with van der Waals surface area (Å²) in [5.74, 6) is 0. The van der Waals surface area contributed by atoms with Gasteiger partial charge in [-0.15, -0.1) is 0 Å². The summed E-state index contributed by atoms with van der Waals surface area (Å²) in [5, 5.41) is 0. The second-order valence-corrected chi connectivity index (χ2v) is 12.0. The number of rotatable bonds is 4. The van der Waals surface area contributed by atoms with Crippen molar-refractivity contribution in [2.45, 2.75) is 38.8 Å². The van der Waals surface area contributed by atoms with E-state index in [1.165, 1.54) is 0 Å². The normalized spacial score (nSPS) is 33.0. The molecular weight excluding hydrogens is 248 g/mol. The first kappa shape index (κ1) is 12.8. The lowest BCUT2D eigenvalue weighted by Gasteiger charge is -2.24. The third kappa shape index (κ3) is 4.98. The van der Waals surface area contributed by atoms with Crippen LogP contribution < -0.4 is 0 Å². The van der Waals surface area contributed by atoms with Gasteiger partial charge in [-0.2, -0.15) is 0 Å². The Bertz CT molecular complexity index is 126. The van der Waals surface area contributed by atoms with Gasteiger partial charge in [-0.25, -0.2) is 0 Å². The van der Waals surface area contributed by atoms with E-state index in [1.807, 2.05) is 0 Å². The summed E-state index contributed by atoms with van der Waals surface area (Å²) >= 11 is 0. The van der Waals surface area contributed by atoms with Gasteiger partial charge in [-0.3, -0.25) is 0 Å². The summed E-state index contributed by atoms with van der Waals surface area (Å²) in [6.45, 7) is 4.33. The molecule has 4 nitrogen and oxygen atoms in total. The maximum absolute atomic E-state index is 5.72. The molecule has 0 saturated carbocycles. The third-order valence-electron chi connectivity index (χ3n) is 2.06. The van der Waals surface area contributed by atoms with E-state index in [4.69, 9.17) is 16.5 Å². The molecule has 1 rings (SSSR count). The minimum absolute atomic E-state index is 0.788. The minimum atomic E-state index is -1.35. The first-order valence-corrected chi connectivity index (χ1v) is 11.2. The first-order valence-electron chi connectivity index (χ1n) is 5.33. The molecule has 14 heavy (non-hydrogen) atoms. The van der Waals surface area contributed by atoms with Crippen molar-refractivity contribution in [3.05, 3.63) is 0 Å². The molecule has 0 aromatic carbocycles. The Hall–Kier alpha value is 0.708. The van der Waals surface area contributed by atoms with Crippen molar-refractivity contribution in [2.24, 2.45) is 0 Å². The van der Waals surface area contributed by atoms with Gasteiger partial charge in [0.05, 0.1) is 0 Å². The highest BCUT2D eigenvalue weighted by atomic mass is 28.4. The topological polar surface area (TPSA) is 36.9 Å². The van der Waals surface area contributed by atoms with Crippen molar-refractivity contribution < 1.29 is 16.5 Å². The molecule has 1 aliphatic heterocycles. The molecule has 0 spiro atoms. The molecular formula is C6H20O4Si4. The van der Waals surface area contributed by atoms with Gasteiger partial charge >= 0.3 is 18.6 Å². The molecule has 0 bridgehead atoms. The highest BCUT2D eigenvalue weighted by Gasteiger charge is 2.20. The fourth-order valence-electron chi connectivity index (χ4n) is 1.28. The van der Waals surface area contributed by atoms with Gasteiger partial charge in [0.2, 0.25) is 0 Å². The number of hydrogen-bond donors (Lipinski definition) is 0. The van der Waals surface area contributed by atoms with Crippen molar-refractivity contribution in [1.82, 2.24) is 0 Å². The standard InChI is InChI=1S/C6H20O4Si4/c1-3-5-13-7-11-9-14(6-4-2)10-12-8-13/h13-14H,3-6,11-12H2,1-2H3. The van der Waals surface area contributed by atoms with E-state index in [1.54, 1.807) is 0 Å². The highest BCUT2D eigenvalue weighted by Crippen LogP contribution is 2.06. The van der Waals surface area contributed by atoms with E-state index >= 15 is 0 Å². The van der Waals surface area contributed by atoms with E-state index in [-0.39, 0.29) is 0 Å². The summed E-state index contributed by atoms with van der Waals surface area (Å²) in [6, 6.07) is 2.21. The average molecular weight is 269 g/mol. The number of hydrogen-bond acceptors (Lipinski definition) is 4. The summed E-state index contributed by atoms with van der Waals surface area (Å²) in [7, 11) is -4.28. The fourth-order valence-corrected chi connectivity index (χ4v) is 11.9. The lowest BCUT2D eigenvalue weighted by atomic mass is 10.6. The molecule has 0 aromatic rings. The van der Waals surface area contributed by atoms with E-state index in [9.17, 15) is 0 Å². The molecule has 84 valence electrons. The molecule has 0 atom stereocenters. The Kier molecular flexibility index (Phi) is 7.24. The van der Waals surface area contributed by atoms with Crippen LogP contribution in [0.1, 0.15) is 26.7 Å². The van der Waals surface area contributed by atoms with Crippen molar-refractivity contribution >= 4 is 38.6 Å². The van der Waals surface area contributed by atoms with Crippen LogP contribution in [0, 0.1) is 0 Å². The largest absolute Gasteiger partial charge is 0.422 e. The van der Waals surface area contributed by atoms with Gasteiger partial charge < -0.3 is 16.5 Å². The van der Waals surface area contributed by atoms with E-state index in [2.05, 4.69) is 13.8 Å². The van der Waals surface area contributed by atoms with E-state index in [0.29, 0.717) is 0 Å². The Morgan fingerprint density at radius 3 is 1.43 bits per heavy atom. The third-order valence-corrected chi connectivity index (χ3v) is 12.3. The molecule has 0 N–H and O–H groups in total. The Labute approximate surface area is 94.1 Å². The minimum Gasteiger partial charge on any atom is -0.422 e. The van der Waals surface area contributed by atoms with Crippen molar-refractivity contribution in [3.63, 3.8) is 0 Å². The van der Waals surface area contributed by atoms with Gasteiger partial charge in [0.15, 0.2) is 0 Å². The SMILES string of the molecule is CCC[SiH]1O[SiH2]O[SiH](CCC)O[SiH2]O1. The summed E-state index contributed by atoms with van der Waals surface area (Å²) in [5.41, 5.74) is 0. The molecule has 0 aliphatic carbocycles. The molecule has 0 aromatic heterocycles. The van der Waals surface area contributed by atoms with Gasteiger partial charge in [0.1, 0.15) is 0 Å². The van der Waals surface area contributed by atoms with Gasteiger partial charge in [0, 0.05) is 0 Å². The Balaban J connectivity index is 2.20. The van der Waals surface area contributed by atoms with Crippen LogP contribution in [-0.2, 0) is 16.5 Å². The quantitative estimate of drug-likeness (QED) is 0.634. The second kappa shape index (κ2) is 7.93. The fraction of sp³-hybridized carbons (Fsp3) is 1.00. The maximum Gasteiger partial charge on any atom is 0.303 e. The van der Waals surface area contributed by atoms with Crippen molar-refractivity contribution in [3.8, 4) is 0 Å². The molecule has 0 unspecified atom stereocenters. The van der Waals surface area contributed by atoms with Crippen LogP contribution in [0.15, 0.2) is 0 Å². The first-order chi connectivity index (χ1) is 6.86. The Morgan fingerprint density at radius 2 is 1.14 bits per heavy atom. The summed E-state index contributed by atoms with van der Waals surface area (Å²) < 4.78 is 22.9. The van der Waals surface area contributed by atoms with Crippen LogP contribution in [0.25, 0.3) is 0 Å². The monoisotopic (exact) mass is 268 g/mol. The molecule has 1 saturated heterocycles. The lowest BCUT2D eigenvalue weighted by Crippen LogP contribution is -2.38.